The number of benzene rings is 7. The van der Waals surface area contributed by atoms with Crippen LogP contribution in [0.25, 0.3) is 71.8 Å². The molecule has 10 rings (SSSR count). The number of rotatable bonds is 3. The lowest BCUT2D eigenvalue weighted by atomic mass is 9.86. The van der Waals surface area contributed by atoms with Crippen LogP contribution in [0.4, 0.5) is 0 Å². The number of hydrogen-bond donors (Lipinski definition) is 0. The summed E-state index contributed by atoms with van der Waals surface area (Å²) in [5, 5.41) is 6.03. The van der Waals surface area contributed by atoms with Crippen molar-refractivity contribution in [1.29, 1.82) is 0 Å². The highest BCUT2D eigenvalue weighted by Crippen LogP contribution is 2.52. The molecule has 0 saturated heterocycles. The lowest BCUT2D eigenvalue weighted by Crippen LogP contribution is -2.03. The maximum atomic E-state index is 5.28. The van der Waals surface area contributed by atoms with Crippen LogP contribution in [0.2, 0.25) is 0 Å². The van der Waals surface area contributed by atoms with Crippen molar-refractivity contribution in [2.45, 2.75) is 5.92 Å². The number of aromatic nitrogens is 3. The average molecular weight is 586 g/mol. The summed E-state index contributed by atoms with van der Waals surface area (Å²) in [5.41, 5.74) is 11.9. The Bertz CT molecular complexity index is 2630. The van der Waals surface area contributed by atoms with Gasteiger partial charge in [0.2, 0.25) is 5.95 Å². The fraction of sp³-hybridized carbons (Fsp3) is 0.0233. The molecule has 0 radical (unpaired) electrons. The van der Waals surface area contributed by atoms with Crippen LogP contribution in [0.15, 0.2) is 158 Å². The van der Waals surface area contributed by atoms with Gasteiger partial charge in [-0.15, -0.1) is 0 Å². The van der Waals surface area contributed by atoms with Crippen molar-refractivity contribution in [1.82, 2.24) is 14.5 Å². The molecule has 0 amide bonds. The van der Waals surface area contributed by atoms with Gasteiger partial charge in [0, 0.05) is 27.6 Å². The maximum absolute atomic E-state index is 5.28. The Hall–Kier alpha value is -6.06. The first-order valence-corrected chi connectivity index (χ1v) is 15.8. The monoisotopic (exact) mass is 585 g/mol. The number of para-hydroxylation sites is 2. The molecule has 1 aliphatic carbocycles. The van der Waals surface area contributed by atoms with E-state index >= 15 is 0 Å². The summed E-state index contributed by atoms with van der Waals surface area (Å²) in [7, 11) is 0. The average Bonchev–Trinajstić information content (AvgIpc) is 3.65. The van der Waals surface area contributed by atoms with Gasteiger partial charge in [0.25, 0.3) is 0 Å². The van der Waals surface area contributed by atoms with Crippen LogP contribution < -0.4 is 0 Å². The van der Waals surface area contributed by atoms with Crippen molar-refractivity contribution >= 4 is 43.5 Å². The molecular weight excluding hydrogens is 558 g/mol. The quantitative estimate of drug-likeness (QED) is 0.206. The molecule has 0 saturated carbocycles. The standard InChI is InChI=1S/C43H27N3/c1-3-13-27(14-4-1)39-30-18-8-7-17-29(30)31-23-24-32-33(41(31)39)25-26-38-40(32)35-20-10-12-22-37(35)46(38)43-44-36-21-11-9-19-34(36)42(45-43)28-15-5-2-6-16-28/h1-26,39H. The highest BCUT2D eigenvalue weighted by Gasteiger charge is 2.32. The van der Waals surface area contributed by atoms with E-state index in [0.717, 1.165) is 33.2 Å². The highest BCUT2D eigenvalue weighted by atomic mass is 15.2. The van der Waals surface area contributed by atoms with Crippen LogP contribution in [-0.2, 0) is 0 Å². The Labute approximate surface area is 266 Å². The summed E-state index contributed by atoms with van der Waals surface area (Å²) < 4.78 is 2.25. The Balaban J connectivity index is 1.29. The molecule has 7 aromatic carbocycles. The Morgan fingerprint density at radius 1 is 0.457 bits per heavy atom. The van der Waals surface area contributed by atoms with E-state index in [4.69, 9.17) is 9.97 Å². The van der Waals surface area contributed by atoms with E-state index in [1.807, 2.05) is 6.07 Å². The number of fused-ring (bicyclic) bond motifs is 10. The van der Waals surface area contributed by atoms with Crippen LogP contribution in [0, 0.1) is 0 Å². The summed E-state index contributed by atoms with van der Waals surface area (Å²) in [4.78, 5) is 10.5. The lowest BCUT2D eigenvalue weighted by molar-refractivity contribution is 1.01. The molecule has 214 valence electrons. The van der Waals surface area contributed by atoms with Crippen LogP contribution in [-0.4, -0.2) is 14.5 Å². The first-order chi connectivity index (χ1) is 22.8. The third-order valence-corrected chi connectivity index (χ3v) is 9.70. The molecule has 1 unspecified atom stereocenters. The highest BCUT2D eigenvalue weighted by molar-refractivity contribution is 6.22. The second kappa shape index (κ2) is 9.72. The Morgan fingerprint density at radius 2 is 1.15 bits per heavy atom. The van der Waals surface area contributed by atoms with Crippen molar-refractivity contribution in [3.63, 3.8) is 0 Å². The summed E-state index contributed by atoms with van der Waals surface area (Å²) in [6.45, 7) is 0. The van der Waals surface area contributed by atoms with E-state index in [0.29, 0.717) is 5.95 Å². The van der Waals surface area contributed by atoms with Crippen molar-refractivity contribution in [3.05, 3.63) is 174 Å². The van der Waals surface area contributed by atoms with E-state index < -0.39 is 0 Å². The molecule has 2 aromatic heterocycles. The van der Waals surface area contributed by atoms with E-state index in [2.05, 4.69) is 156 Å². The molecule has 1 atom stereocenters. The summed E-state index contributed by atoms with van der Waals surface area (Å²) in [6.07, 6.45) is 0. The smallest absolute Gasteiger partial charge is 0.235 e. The Morgan fingerprint density at radius 3 is 2.02 bits per heavy atom. The zero-order valence-electron chi connectivity index (χ0n) is 24.9. The third-order valence-electron chi connectivity index (χ3n) is 9.70. The van der Waals surface area contributed by atoms with Crippen LogP contribution >= 0.6 is 0 Å². The predicted molar refractivity (Wildman–Crippen MR) is 190 cm³/mol. The largest absolute Gasteiger partial charge is 0.278 e. The van der Waals surface area contributed by atoms with Crippen molar-refractivity contribution in [2.24, 2.45) is 0 Å². The van der Waals surface area contributed by atoms with Crippen molar-refractivity contribution in [2.75, 3.05) is 0 Å². The van der Waals surface area contributed by atoms with Gasteiger partial charge in [0.15, 0.2) is 0 Å². The van der Waals surface area contributed by atoms with Gasteiger partial charge in [0.05, 0.1) is 22.2 Å². The van der Waals surface area contributed by atoms with E-state index in [-0.39, 0.29) is 5.92 Å². The fourth-order valence-corrected chi connectivity index (χ4v) is 7.78. The van der Waals surface area contributed by atoms with Crippen LogP contribution in [0.1, 0.15) is 22.6 Å². The summed E-state index contributed by atoms with van der Waals surface area (Å²) in [6, 6.07) is 56.5. The number of nitrogens with zero attached hydrogens (tertiary/aromatic N) is 3. The molecule has 0 N–H and O–H groups in total. The van der Waals surface area contributed by atoms with Crippen LogP contribution in [0.3, 0.4) is 0 Å². The van der Waals surface area contributed by atoms with Gasteiger partial charge in [0.1, 0.15) is 0 Å². The first-order valence-electron chi connectivity index (χ1n) is 15.8. The normalized spacial score (nSPS) is 13.9. The molecule has 0 fully saturated rings. The molecule has 0 spiro atoms. The second-order valence-electron chi connectivity index (χ2n) is 12.1. The second-order valence-corrected chi connectivity index (χ2v) is 12.1. The lowest BCUT2D eigenvalue weighted by Gasteiger charge is -2.17. The minimum atomic E-state index is 0.180. The van der Waals surface area contributed by atoms with E-state index in [1.165, 1.54) is 49.4 Å². The Kier molecular flexibility index (Phi) is 5.34. The van der Waals surface area contributed by atoms with Gasteiger partial charge in [-0.2, -0.15) is 0 Å². The molecule has 3 nitrogen and oxygen atoms in total. The maximum Gasteiger partial charge on any atom is 0.235 e. The minimum Gasteiger partial charge on any atom is -0.278 e. The molecule has 0 bridgehead atoms. The predicted octanol–water partition coefficient (Wildman–Crippen LogP) is 10.7. The topological polar surface area (TPSA) is 30.7 Å². The first kappa shape index (κ1) is 25.3. The third kappa shape index (κ3) is 3.54. The van der Waals surface area contributed by atoms with Gasteiger partial charge in [-0.25, -0.2) is 9.97 Å². The van der Waals surface area contributed by atoms with E-state index in [1.54, 1.807) is 0 Å². The fourth-order valence-electron chi connectivity index (χ4n) is 7.78. The van der Waals surface area contributed by atoms with Crippen molar-refractivity contribution in [3.8, 4) is 28.3 Å². The van der Waals surface area contributed by atoms with Gasteiger partial charge in [-0.3, -0.25) is 4.57 Å². The zero-order valence-corrected chi connectivity index (χ0v) is 24.9. The molecule has 0 aliphatic heterocycles. The van der Waals surface area contributed by atoms with Gasteiger partial charge in [-0.05, 0) is 56.8 Å². The minimum absolute atomic E-state index is 0.180. The molecule has 46 heavy (non-hydrogen) atoms. The zero-order chi connectivity index (χ0) is 30.2. The van der Waals surface area contributed by atoms with Gasteiger partial charge >= 0.3 is 0 Å². The molecule has 3 heteroatoms. The van der Waals surface area contributed by atoms with Gasteiger partial charge in [-0.1, -0.05) is 140 Å². The van der Waals surface area contributed by atoms with Gasteiger partial charge < -0.3 is 0 Å². The number of hydrogen-bond acceptors (Lipinski definition) is 2. The molecule has 2 heterocycles. The summed E-state index contributed by atoms with van der Waals surface area (Å²) in [5.74, 6) is 0.859. The molecule has 9 aromatic rings. The molecular formula is C43H27N3. The summed E-state index contributed by atoms with van der Waals surface area (Å²) >= 11 is 0. The SMILES string of the molecule is c1ccc(-c2nc(-n3c4ccccc4c4c5ccc6c(c5ccc43)C(c3ccccc3)c3ccccc3-6)nc3ccccc23)cc1. The van der Waals surface area contributed by atoms with E-state index in [9.17, 15) is 0 Å². The van der Waals surface area contributed by atoms with Crippen molar-refractivity contribution < 1.29 is 0 Å². The van der Waals surface area contributed by atoms with Crippen LogP contribution in [0.5, 0.6) is 0 Å². The molecule has 1 aliphatic rings.